The number of hydrogen-bond acceptors (Lipinski definition) is 3. The Morgan fingerprint density at radius 2 is 2.00 bits per heavy atom. The normalized spacial score (nSPS) is 12.2. The van der Waals surface area contributed by atoms with Gasteiger partial charge in [0.15, 0.2) is 6.10 Å². The first-order chi connectivity index (χ1) is 7.45. The molecule has 1 rings (SSSR count). The summed E-state index contributed by atoms with van der Waals surface area (Å²) in [4.78, 5) is 11.1. The molecule has 1 aromatic carbocycles. The van der Waals surface area contributed by atoms with Crippen LogP contribution in [0.15, 0.2) is 12.1 Å². The summed E-state index contributed by atoms with van der Waals surface area (Å²) in [5.74, 6) is 0.216. The number of hydrogen-bond donors (Lipinski definition) is 2. The van der Waals surface area contributed by atoms with E-state index in [0.717, 1.165) is 16.8 Å². The second-order valence-electron chi connectivity index (χ2n) is 3.89. The lowest BCUT2D eigenvalue weighted by Crippen LogP contribution is -2.33. The molecule has 0 fully saturated rings. The summed E-state index contributed by atoms with van der Waals surface area (Å²) in [5, 5.41) is 0. The third-order valence-electron chi connectivity index (χ3n) is 2.52. The molecule has 0 spiro atoms. The summed E-state index contributed by atoms with van der Waals surface area (Å²) >= 11 is 0. The lowest BCUT2D eigenvalue weighted by atomic mass is 10.1. The lowest BCUT2D eigenvalue weighted by molar-refractivity contribution is -0.124. The van der Waals surface area contributed by atoms with Gasteiger partial charge in [0, 0.05) is 5.69 Å². The summed E-state index contributed by atoms with van der Waals surface area (Å²) < 4.78 is 5.56. The molecule has 4 nitrogen and oxygen atoms in total. The average Bonchev–Trinajstić information content (AvgIpc) is 2.21. The number of benzene rings is 1. The Labute approximate surface area is 95.6 Å². The topological polar surface area (TPSA) is 78.3 Å². The molecule has 88 valence electrons. The predicted octanol–water partition coefficient (Wildman–Crippen LogP) is 1.53. The largest absolute Gasteiger partial charge is 0.480 e. The number of nitrogens with two attached hydrogens (primary N) is 2. The molecule has 1 amide bonds. The molecular formula is C12H18N2O2. The van der Waals surface area contributed by atoms with Crippen molar-refractivity contribution in [3.63, 3.8) is 0 Å². The van der Waals surface area contributed by atoms with E-state index in [-0.39, 0.29) is 0 Å². The zero-order chi connectivity index (χ0) is 12.3. The Hall–Kier alpha value is -1.71. The van der Waals surface area contributed by atoms with E-state index >= 15 is 0 Å². The molecule has 16 heavy (non-hydrogen) atoms. The number of rotatable bonds is 4. The number of aryl methyl sites for hydroxylation is 2. The van der Waals surface area contributed by atoms with Crippen molar-refractivity contribution in [1.29, 1.82) is 0 Å². The van der Waals surface area contributed by atoms with Crippen LogP contribution in [0.3, 0.4) is 0 Å². The molecule has 0 aliphatic rings. The average molecular weight is 222 g/mol. The number of amides is 1. The quantitative estimate of drug-likeness (QED) is 0.758. The number of ether oxygens (including phenoxy) is 1. The summed E-state index contributed by atoms with van der Waals surface area (Å²) in [6, 6.07) is 3.66. The third kappa shape index (κ3) is 2.66. The van der Waals surface area contributed by atoms with Gasteiger partial charge in [-0.25, -0.2) is 0 Å². The lowest BCUT2D eigenvalue weighted by Gasteiger charge is -2.17. The molecule has 0 heterocycles. The highest BCUT2D eigenvalue weighted by atomic mass is 16.5. The summed E-state index contributed by atoms with van der Waals surface area (Å²) in [6.45, 7) is 5.64. The molecule has 0 radical (unpaired) electrons. The molecule has 1 aromatic rings. The first-order valence-corrected chi connectivity index (χ1v) is 5.28. The monoisotopic (exact) mass is 222 g/mol. The van der Waals surface area contributed by atoms with Crippen LogP contribution in [0.1, 0.15) is 24.5 Å². The highest BCUT2D eigenvalue weighted by Crippen LogP contribution is 2.25. The maximum absolute atomic E-state index is 11.1. The van der Waals surface area contributed by atoms with Crippen LogP contribution in [-0.4, -0.2) is 12.0 Å². The molecule has 1 atom stereocenters. The van der Waals surface area contributed by atoms with Crippen molar-refractivity contribution < 1.29 is 9.53 Å². The predicted molar refractivity (Wildman–Crippen MR) is 64.2 cm³/mol. The van der Waals surface area contributed by atoms with Crippen LogP contribution in [0.25, 0.3) is 0 Å². The molecule has 0 aromatic heterocycles. The first-order valence-electron chi connectivity index (χ1n) is 5.28. The van der Waals surface area contributed by atoms with Crippen molar-refractivity contribution in [2.24, 2.45) is 5.73 Å². The molecule has 0 bridgehead atoms. The van der Waals surface area contributed by atoms with Crippen molar-refractivity contribution in [3.05, 3.63) is 23.3 Å². The van der Waals surface area contributed by atoms with E-state index in [2.05, 4.69) is 0 Å². The molecule has 0 saturated carbocycles. The van der Waals surface area contributed by atoms with Gasteiger partial charge in [0.05, 0.1) is 0 Å². The highest BCUT2D eigenvalue weighted by molar-refractivity contribution is 5.79. The Kier molecular flexibility index (Phi) is 3.77. The van der Waals surface area contributed by atoms with Crippen LogP contribution in [0, 0.1) is 13.8 Å². The first kappa shape index (κ1) is 12.4. The van der Waals surface area contributed by atoms with E-state index in [1.165, 1.54) is 0 Å². The maximum Gasteiger partial charge on any atom is 0.258 e. The maximum atomic E-state index is 11.1. The number of anilines is 1. The van der Waals surface area contributed by atoms with Crippen LogP contribution in [0.5, 0.6) is 5.75 Å². The number of nitrogen functional groups attached to an aromatic ring is 1. The van der Waals surface area contributed by atoms with Crippen LogP contribution >= 0.6 is 0 Å². The Balaban J connectivity index is 2.96. The van der Waals surface area contributed by atoms with E-state index in [0.29, 0.717) is 12.2 Å². The van der Waals surface area contributed by atoms with Crippen LogP contribution in [0.2, 0.25) is 0 Å². The summed E-state index contributed by atoms with van der Waals surface area (Å²) in [5.41, 5.74) is 13.5. The minimum Gasteiger partial charge on any atom is -0.480 e. The van der Waals surface area contributed by atoms with E-state index < -0.39 is 12.0 Å². The minimum atomic E-state index is -0.582. The van der Waals surface area contributed by atoms with Gasteiger partial charge in [-0.1, -0.05) is 6.92 Å². The zero-order valence-corrected chi connectivity index (χ0v) is 9.91. The molecule has 4 heteroatoms. The van der Waals surface area contributed by atoms with Crippen LogP contribution < -0.4 is 16.2 Å². The molecule has 4 N–H and O–H groups in total. The smallest absolute Gasteiger partial charge is 0.258 e. The second-order valence-corrected chi connectivity index (χ2v) is 3.89. The van der Waals surface area contributed by atoms with Gasteiger partial charge in [-0.05, 0) is 43.5 Å². The van der Waals surface area contributed by atoms with Gasteiger partial charge in [0.2, 0.25) is 0 Å². The van der Waals surface area contributed by atoms with Gasteiger partial charge in [-0.2, -0.15) is 0 Å². The second kappa shape index (κ2) is 4.88. The number of carbonyl (C=O) groups is 1. The van der Waals surface area contributed by atoms with Crippen molar-refractivity contribution in [3.8, 4) is 5.75 Å². The number of carbonyl (C=O) groups excluding carboxylic acids is 1. The third-order valence-corrected chi connectivity index (χ3v) is 2.52. The van der Waals surface area contributed by atoms with Crippen LogP contribution in [0.4, 0.5) is 5.69 Å². The van der Waals surface area contributed by atoms with Gasteiger partial charge >= 0.3 is 0 Å². The van der Waals surface area contributed by atoms with Crippen molar-refractivity contribution in [2.45, 2.75) is 33.3 Å². The number of primary amides is 1. The van der Waals surface area contributed by atoms with E-state index in [1.807, 2.05) is 32.9 Å². The van der Waals surface area contributed by atoms with Crippen molar-refractivity contribution in [1.82, 2.24) is 0 Å². The Bertz CT molecular complexity index is 402. The van der Waals surface area contributed by atoms with Crippen molar-refractivity contribution in [2.75, 3.05) is 5.73 Å². The fourth-order valence-electron chi connectivity index (χ4n) is 1.43. The molecular weight excluding hydrogens is 204 g/mol. The molecule has 0 aliphatic heterocycles. The Morgan fingerprint density at radius 3 is 2.50 bits per heavy atom. The SMILES string of the molecule is CCC(Oc1cc(C)c(N)cc1C)C(N)=O. The van der Waals surface area contributed by atoms with Gasteiger partial charge < -0.3 is 16.2 Å². The van der Waals surface area contributed by atoms with E-state index in [1.54, 1.807) is 0 Å². The van der Waals surface area contributed by atoms with Crippen LogP contribution in [-0.2, 0) is 4.79 Å². The van der Waals surface area contributed by atoms with Gasteiger partial charge in [-0.3, -0.25) is 4.79 Å². The van der Waals surface area contributed by atoms with Crippen molar-refractivity contribution >= 4 is 11.6 Å². The summed E-state index contributed by atoms with van der Waals surface area (Å²) in [7, 11) is 0. The van der Waals surface area contributed by atoms with Gasteiger partial charge in [0.25, 0.3) is 5.91 Å². The molecule has 1 unspecified atom stereocenters. The van der Waals surface area contributed by atoms with Gasteiger partial charge in [-0.15, -0.1) is 0 Å². The Morgan fingerprint density at radius 1 is 1.38 bits per heavy atom. The standard InChI is InChI=1S/C12H18N2O2/c1-4-10(12(14)15)16-11-6-7(2)9(13)5-8(11)3/h5-6,10H,4,13H2,1-3H3,(H2,14,15). The zero-order valence-electron chi connectivity index (χ0n) is 9.91. The van der Waals surface area contributed by atoms with Gasteiger partial charge in [0.1, 0.15) is 5.75 Å². The highest BCUT2D eigenvalue weighted by Gasteiger charge is 2.16. The molecule has 0 aliphatic carbocycles. The van der Waals surface area contributed by atoms with E-state index in [4.69, 9.17) is 16.2 Å². The minimum absolute atomic E-state index is 0.448. The fourth-order valence-corrected chi connectivity index (χ4v) is 1.43. The fraction of sp³-hybridized carbons (Fsp3) is 0.417. The molecule has 0 saturated heterocycles. The summed E-state index contributed by atoms with van der Waals surface area (Å²) in [6.07, 6.45) is -0.0280. The van der Waals surface area contributed by atoms with E-state index in [9.17, 15) is 4.79 Å².